The summed E-state index contributed by atoms with van der Waals surface area (Å²) >= 11 is 0. The second kappa shape index (κ2) is 2.69. The average Bonchev–Trinajstić information content (AvgIpc) is 2.20. The first kappa shape index (κ1) is 10.3. The molecule has 3 heteroatoms. The molecule has 0 N–H and O–H groups in total. The Morgan fingerprint density at radius 3 is 2.29 bits per heavy atom. The standard InChI is InChI=1S/C14H18FNO/c1-12(8-16)7-14(17-12)10-2-9-3-11(14)6-13(15,4-9)5-10/h9-11H,2-7H2,1H3/t9?,10-,11+,12-,13?,14?/m1/s1. The summed E-state index contributed by atoms with van der Waals surface area (Å²) in [5.41, 5.74) is -1.63. The Labute approximate surface area is 101 Å². The minimum atomic E-state index is -0.899. The summed E-state index contributed by atoms with van der Waals surface area (Å²) in [6.07, 6.45) is 5.23. The molecule has 1 spiro atoms. The van der Waals surface area contributed by atoms with Crippen LogP contribution in [0.1, 0.15) is 45.4 Å². The molecule has 1 aliphatic heterocycles. The number of nitriles is 1. The van der Waals surface area contributed by atoms with E-state index in [2.05, 4.69) is 6.07 Å². The van der Waals surface area contributed by atoms with Gasteiger partial charge in [-0.05, 0) is 56.8 Å². The maximum absolute atomic E-state index is 14.5. The summed E-state index contributed by atoms with van der Waals surface area (Å²) in [5, 5.41) is 9.08. The third-order valence-electron chi connectivity index (χ3n) is 5.76. The summed E-state index contributed by atoms with van der Waals surface area (Å²) in [5.74, 6) is 1.33. The Balaban J connectivity index is 1.67. The number of alkyl halides is 1. The predicted molar refractivity (Wildman–Crippen MR) is 59.8 cm³/mol. The van der Waals surface area contributed by atoms with Crippen LogP contribution in [-0.2, 0) is 4.74 Å². The molecule has 4 saturated carbocycles. The highest BCUT2D eigenvalue weighted by atomic mass is 19.1. The van der Waals surface area contributed by atoms with Crippen molar-refractivity contribution >= 4 is 0 Å². The Bertz CT molecular complexity index is 402. The van der Waals surface area contributed by atoms with Crippen molar-refractivity contribution in [3.8, 4) is 6.07 Å². The minimum absolute atomic E-state index is 0.128. The van der Waals surface area contributed by atoms with E-state index in [1.165, 1.54) is 0 Å². The normalized spacial score (nSPS) is 63.5. The Morgan fingerprint density at radius 2 is 1.82 bits per heavy atom. The van der Waals surface area contributed by atoms with Crippen molar-refractivity contribution in [2.45, 2.75) is 62.3 Å². The fourth-order valence-electron chi connectivity index (χ4n) is 5.42. The lowest BCUT2D eigenvalue weighted by Crippen LogP contribution is -2.72. The minimum Gasteiger partial charge on any atom is -0.353 e. The van der Waals surface area contributed by atoms with Crippen LogP contribution in [0.4, 0.5) is 4.39 Å². The SMILES string of the molecule is C[C@]1(C#N)CC2(O1)[C@@H]1CC3C[C@H]2CC(F)(C3)C1. The molecular formula is C14H18FNO. The largest absolute Gasteiger partial charge is 0.353 e. The fourth-order valence-corrected chi connectivity index (χ4v) is 5.42. The van der Waals surface area contributed by atoms with E-state index in [1.807, 2.05) is 6.92 Å². The van der Waals surface area contributed by atoms with Gasteiger partial charge in [0.15, 0.2) is 5.60 Å². The maximum Gasteiger partial charge on any atom is 0.155 e. The van der Waals surface area contributed by atoms with Gasteiger partial charge < -0.3 is 4.74 Å². The molecule has 5 rings (SSSR count). The molecule has 4 bridgehead atoms. The zero-order chi connectivity index (χ0) is 11.9. The third-order valence-corrected chi connectivity index (χ3v) is 5.76. The Kier molecular flexibility index (Phi) is 1.63. The molecule has 1 heterocycles. The molecule has 0 aromatic rings. The summed E-state index contributed by atoms with van der Waals surface area (Å²) in [4.78, 5) is 0. The van der Waals surface area contributed by atoms with E-state index in [4.69, 9.17) is 10.00 Å². The van der Waals surface area contributed by atoms with Gasteiger partial charge in [-0.1, -0.05) is 0 Å². The van der Waals surface area contributed by atoms with E-state index >= 15 is 0 Å². The monoisotopic (exact) mass is 235 g/mol. The molecule has 5 fully saturated rings. The van der Waals surface area contributed by atoms with Gasteiger partial charge in [0, 0.05) is 6.42 Å². The molecule has 92 valence electrons. The fraction of sp³-hybridized carbons (Fsp3) is 0.929. The van der Waals surface area contributed by atoms with Gasteiger partial charge in [0.25, 0.3) is 0 Å². The van der Waals surface area contributed by atoms with E-state index in [-0.39, 0.29) is 5.60 Å². The summed E-state index contributed by atoms with van der Waals surface area (Å²) in [6.45, 7) is 1.87. The molecule has 2 nitrogen and oxygen atoms in total. The second-order valence-electron chi connectivity index (χ2n) is 7.07. The van der Waals surface area contributed by atoms with Crippen molar-refractivity contribution in [2.24, 2.45) is 17.8 Å². The highest BCUT2D eigenvalue weighted by Gasteiger charge is 2.70. The summed E-state index contributed by atoms with van der Waals surface area (Å²) < 4.78 is 20.6. The number of hydrogen-bond donors (Lipinski definition) is 0. The first-order chi connectivity index (χ1) is 7.97. The van der Waals surface area contributed by atoms with Gasteiger partial charge in [0.1, 0.15) is 5.67 Å². The number of nitrogens with zero attached hydrogens (tertiary/aromatic N) is 1. The molecule has 0 aromatic carbocycles. The van der Waals surface area contributed by atoms with Crippen molar-refractivity contribution in [3.63, 3.8) is 0 Å². The van der Waals surface area contributed by atoms with Crippen LogP contribution in [0, 0.1) is 29.1 Å². The quantitative estimate of drug-likeness (QED) is 0.646. The number of rotatable bonds is 0. The summed E-state index contributed by atoms with van der Waals surface area (Å²) in [7, 11) is 0. The van der Waals surface area contributed by atoms with Crippen LogP contribution in [0.2, 0.25) is 0 Å². The number of hydrogen-bond acceptors (Lipinski definition) is 2. The first-order valence-electron chi connectivity index (χ1n) is 6.77. The summed E-state index contributed by atoms with van der Waals surface area (Å²) in [6, 6.07) is 2.25. The van der Waals surface area contributed by atoms with Crippen molar-refractivity contribution in [3.05, 3.63) is 0 Å². The molecule has 3 unspecified atom stereocenters. The van der Waals surface area contributed by atoms with Gasteiger partial charge in [-0.15, -0.1) is 0 Å². The van der Waals surface area contributed by atoms with Gasteiger partial charge in [-0.2, -0.15) is 5.26 Å². The van der Waals surface area contributed by atoms with Gasteiger partial charge in [0.2, 0.25) is 0 Å². The zero-order valence-electron chi connectivity index (χ0n) is 10.2. The maximum atomic E-state index is 14.5. The lowest BCUT2D eigenvalue weighted by Gasteiger charge is -2.68. The average molecular weight is 235 g/mol. The lowest BCUT2D eigenvalue weighted by molar-refractivity contribution is -0.335. The molecule has 17 heavy (non-hydrogen) atoms. The Morgan fingerprint density at radius 1 is 1.24 bits per heavy atom. The van der Waals surface area contributed by atoms with Crippen molar-refractivity contribution in [1.82, 2.24) is 0 Å². The van der Waals surface area contributed by atoms with E-state index in [0.29, 0.717) is 30.6 Å². The number of halogens is 1. The van der Waals surface area contributed by atoms with Gasteiger partial charge in [-0.3, -0.25) is 0 Å². The topological polar surface area (TPSA) is 33.0 Å². The third kappa shape index (κ3) is 1.13. The molecular weight excluding hydrogens is 217 g/mol. The van der Waals surface area contributed by atoms with Gasteiger partial charge in [-0.25, -0.2) is 4.39 Å². The van der Waals surface area contributed by atoms with E-state index < -0.39 is 11.3 Å². The molecule has 1 saturated heterocycles. The zero-order valence-corrected chi connectivity index (χ0v) is 10.2. The molecule has 0 amide bonds. The van der Waals surface area contributed by atoms with Crippen LogP contribution in [0.25, 0.3) is 0 Å². The van der Waals surface area contributed by atoms with E-state index in [1.54, 1.807) is 0 Å². The highest BCUT2D eigenvalue weighted by Crippen LogP contribution is 2.67. The molecule has 5 aliphatic rings. The van der Waals surface area contributed by atoms with E-state index in [9.17, 15) is 4.39 Å². The highest BCUT2D eigenvalue weighted by molar-refractivity contribution is 5.23. The molecule has 0 radical (unpaired) electrons. The van der Waals surface area contributed by atoms with Crippen molar-refractivity contribution in [2.75, 3.05) is 0 Å². The molecule has 4 aliphatic carbocycles. The van der Waals surface area contributed by atoms with Crippen LogP contribution < -0.4 is 0 Å². The molecule has 6 atom stereocenters. The lowest BCUT2D eigenvalue weighted by atomic mass is 9.45. The van der Waals surface area contributed by atoms with Crippen LogP contribution in [-0.4, -0.2) is 16.9 Å². The van der Waals surface area contributed by atoms with Gasteiger partial charge >= 0.3 is 0 Å². The van der Waals surface area contributed by atoms with Crippen molar-refractivity contribution < 1.29 is 9.13 Å². The predicted octanol–water partition coefficient (Wildman–Crippen LogP) is 2.98. The van der Waals surface area contributed by atoms with Crippen LogP contribution in [0.15, 0.2) is 0 Å². The Hall–Kier alpha value is -0.620. The van der Waals surface area contributed by atoms with Crippen LogP contribution in [0.5, 0.6) is 0 Å². The van der Waals surface area contributed by atoms with Crippen LogP contribution in [0.3, 0.4) is 0 Å². The second-order valence-corrected chi connectivity index (χ2v) is 7.07. The number of ether oxygens (including phenoxy) is 1. The molecule has 0 aromatic heterocycles. The van der Waals surface area contributed by atoms with Crippen LogP contribution >= 0.6 is 0 Å². The first-order valence-corrected chi connectivity index (χ1v) is 6.77. The van der Waals surface area contributed by atoms with Crippen molar-refractivity contribution in [1.29, 1.82) is 5.26 Å². The van der Waals surface area contributed by atoms with E-state index in [0.717, 1.165) is 25.7 Å². The van der Waals surface area contributed by atoms with Gasteiger partial charge in [0.05, 0.1) is 11.7 Å². The smallest absolute Gasteiger partial charge is 0.155 e.